The topological polar surface area (TPSA) is 102 Å². The Hall–Kier alpha value is -3.22. The molecule has 0 unspecified atom stereocenters. The number of H-pyrrole nitrogens is 1. The van der Waals surface area contributed by atoms with Gasteiger partial charge in [0.25, 0.3) is 11.4 Å². The molecule has 0 aliphatic carbocycles. The van der Waals surface area contributed by atoms with Crippen molar-refractivity contribution >= 4 is 22.3 Å². The largest absolute Gasteiger partial charge is 0.358 e. The van der Waals surface area contributed by atoms with Gasteiger partial charge in [0.1, 0.15) is 0 Å². The van der Waals surface area contributed by atoms with E-state index in [0.717, 1.165) is 27.7 Å². The van der Waals surface area contributed by atoms with Crippen LogP contribution in [0.4, 0.5) is 11.4 Å². The van der Waals surface area contributed by atoms with Crippen molar-refractivity contribution in [2.24, 2.45) is 0 Å². The summed E-state index contributed by atoms with van der Waals surface area (Å²) in [7, 11) is 0. The number of nitro benzene ring substituents is 2. The van der Waals surface area contributed by atoms with Gasteiger partial charge in [-0.05, 0) is 30.7 Å². The fourth-order valence-corrected chi connectivity index (χ4v) is 2.55. The molecule has 0 aliphatic heterocycles. The van der Waals surface area contributed by atoms with E-state index >= 15 is 0 Å². The monoisotopic (exact) mass is 297 g/mol. The van der Waals surface area contributed by atoms with Crippen molar-refractivity contribution < 1.29 is 9.85 Å². The summed E-state index contributed by atoms with van der Waals surface area (Å²) in [5.74, 6) is 0. The lowest BCUT2D eigenvalue weighted by Gasteiger charge is -2.02. The summed E-state index contributed by atoms with van der Waals surface area (Å²) in [4.78, 5) is 23.9. The number of benzene rings is 2. The zero-order chi connectivity index (χ0) is 15.9. The van der Waals surface area contributed by atoms with E-state index in [0.29, 0.717) is 0 Å². The smallest absolute Gasteiger partial charge is 0.270 e. The number of nitrogens with one attached hydrogen (secondary N) is 1. The molecule has 0 radical (unpaired) electrons. The third-order valence-corrected chi connectivity index (χ3v) is 3.55. The van der Waals surface area contributed by atoms with E-state index in [2.05, 4.69) is 4.98 Å². The third-order valence-electron chi connectivity index (χ3n) is 3.55. The summed E-state index contributed by atoms with van der Waals surface area (Å²) >= 11 is 0. The average molecular weight is 297 g/mol. The fraction of sp³-hybridized carbons (Fsp3) is 0.0667. The maximum absolute atomic E-state index is 10.9. The predicted molar refractivity (Wildman–Crippen MR) is 81.8 cm³/mol. The number of rotatable bonds is 3. The highest BCUT2D eigenvalue weighted by Crippen LogP contribution is 2.34. The lowest BCUT2D eigenvalue weighted by atomic mass is 10.0. The highest BCUT2D eigenvalue weighted by atomic mass is 16.6. The quantitative estimate of drug-likeness (QED) is 0.583. The highest BCUT2D eigenvalue weighted by molar-refractivity contribution is 5.98. The number of nitro groups is 2. The lowest BCUT2D eigenvalue weighted by Crippen LogP contribution is -1.88. The number of aromatic nitrogens is 1. The van der Waals surface area contributed by atoms with Crippen LogP contribution in [-0.4, -0.2) is 14.8 Å². The first-order valence-corrected chi connectivity index (χ1v) is 6.49. The second kappa shape index (κ2) is 4.96. The molecule has 0 aliphatic rings. The van der Waals surface area contributed by atoms with Gasteiger partial charge in [-0.3, -0.25) is 20.2 Å². The van der Waals surface area contributed by atoms with Crippen LogP contribution in [0.1, 0.15) is 5.69 Å². The first kappa shape index (κ1) is 13.7. The molecule has 0 atom stereocenters. The van der Waals surface area contributed by atoms with Crippen LogP contribution in [0.15, 0.2) is 42.5 Å². The standard InChI is InChI=1S/C15H11N3O4/c1-9-15(10-2-4-11(5-3-10)17(19)20)13-8-12(18(21)22)6-7-14(13)16-9/h2-8,16H,1H3. The van der Waals surface area contributed by atoms with Gasteiger partial charge in [-0.15, -0.1) is 0 Å². The molecule has 22 heavy (non-hydrogen) atoms. The van der Waals surface area contributed by atoms with Gasteiger partial charge in [-0.25, -0.2) is 0 Å². The summed E-state index contributed by atoms with van der Waals surface area (Å²) in [6.45, 7) is 1.86. The van der Waals surface area contributed by atoms with Crippen LogP contribution in [0.5, 0.6) is 0 Å². The van der Waals surface area contributed by atoms with Crippen LogP contribution in [0.25, 0.3) is 22.0 Å². The molecule has 7 nitrogen and oxygen atoms in total. The van der Waals surface area contributed by atoms with E-state index < -0.39 is 9.85 Å². The molecule has 1 heterocycles. The minimum atomic E-state index is -0.462. The van der Waals surface area contributed by atoms with Gasteiger partial charge in [-0.2, -0.15) is 0 Å². The number of non-ortho nitro benzene ring substituents is 2. The Morgan fingerprint density at radius 3 is 2.09 bits per heavy atom. The zero-order valence-electron chi connectivity index (χ0n) is 11.6. The molecule has 0 amide bonds. The first-order chi connectivity index (χ1) is 10.5. The summed E-state index contributed by atoms with van der Waals surface area (Å²) in [5, 5.41) is 22.4. The van der Waals surface area contributed by atoms with Gasteiger partial charge in [0.15, 0.2) is 0 Å². The molecule has 7 heteroatoms. The number of hydrogen-bond acceptors (Lipinski definition) is 4. The van der Waals surface area contributed by atoms with Crippen molar-refractivity contribution in [2.45, 2.75) is 6.92 Å². The van der Waals surface area contributed by atoms with Gasteiger partial charge in [0.05, 0.1) is 9.85 Å². The fourth-order valence-electron chi connectivity index (χ4n) is 2.55. The van der Waals surface area contributed by atoms with Crippen LogP contribution >= 0.6 is 0 Å². The van der Waals surface area contributed by atoms with Crippen molar-refractivity contribution in [3.63, 3.8) is 0 Å². The van der Waals surface area contributed by atoms with Crippen molar-refractivity contribution in [3.05, 3.63) is 68.4 Å². The maximum atomic E-state index is 10.9. The van der Waals surface area contributed by atoms with Gasteiger partial charge in [0.2, 0.25) is 0 Å². The molecule has 110 valence electrons. The normalized spacial score (nSPS) is 10.8. The van der Waals surface area contributed by atoms with Crippen molar-refractivity contribution in [1.29, 1.82) is 0 Å². The molecule has 0 bridgehead atoms. The van der Waals surface area contributed by atoms with E-state index in [1.807, 2.05) is 6.92 Å². The van der Waals surface area contributed by atoms with Crippen LogP contribution in [0.3, 0.4) is 0 Å². The molecular formula is C15H11N3O4. The van der Waals surface area contributed by atoms with Crippen LogP contribution in [0, 0.1) is 27.2 Å². The predicted octanol–water partition coefficient (Wildman–Crippen LogP) is 3.96. The maximum Gasteiger partial charge on any atom is 0.270 e. The minimum Gasteiger partial charge on any atom is -0.358 e. The van der Waals surface area contributed by atoms with Crippen LogP contribution in [0.2, 0.25) is 0 Å². The molecule has 3 aromatic rings. The summed E-state index contributed by atoms with van der Waals surface area (Å²) in [5.41, 5.74) is 3.24. The second-order valence-electron chi connectivity index (χ2n) is 4.92. The van der Waals surface area contributed by atoms with Crippen molar-refractivity contribution in [3.8, 4) is 11.1 Å². The molecule has 1 N–H and O–H groups in total. The summed E-state index contributed by atoms with van der Waals surface area (Å²) < 4.78 is 0. The number of aryl methyl sites for hydroxylation is 1. The molecule has 1 aromatic heterocycles. The summed E-state index contributed by atoms with van der Waals surface area (Å²) in [6, 6.07) is 10.7. The van der Waals surface area contributed by atoms with E-state index in [1.54, 1.807) is 18.2 Å². The number of hydrogen-bond donors (Lipinski definition) is 1. The van der Waals surface area contributed by atoms with E-state index in [-0.39, 0.29) is 11.4 Å². The Morgan fingerprint density at radius 2 is 1.50 bits per heavy atom. The number of nitrogens with zero attached hydrogens (tertiary/aromatic N) is 2. The van der Waals surface area contributed by atoms with Crippen LogP contribution in [-0.2, 0) is 0 Å². The Labute approximate surface area is 124 Å². The minimum absolute atomic E-state index is 0.00669. The lowest BCUT2D eigenvalue weighted by molar-refractivity contribution is -0.385. The van der Waals surface area contributed by atoms with E-state index in [4.69, 9.17) is 0 Å². The second-order valence-corrected chi connectivity index (χ2v) is 4.92. The van der Waals surface area contributed by atoms with Gasteiger partial charge in [0, 0.05) is 46.4 Å². The van der Waals surface area contributed by atoms with E-state index in [9.17, 15) is 20.2 Å². The van der Waals surface area contributed by atoms with Gasteiger partial charge >= 0.3 is 0 Å². The summed E-state index contributed by atoms with van der Waals surface area (Å²) in [6.07, 6.45) is 0. The number of aromatic amines is 1. The van der Waals surface area contributed by atoms with Gasteiger partial charge in [-0.1, -0.05) is 0 Å². The zero-order valence-corrected chi connectivity index (χ0v) is 11.6. The van der Waals surface area contributed by atoms with Crippen LogP contribution < -0.4 is 0 Å². The first-order valence-electron chi connectivity index (χ1n) is 6.49. The molecule has 0 fully saturated rings. The Balaban J connectivity index is 2.20. The Kier molecular flexibility index (Phi) is 3.10. The Morgan fingerprint density at radius 1 is 0.909 bits per heavy atom. The molecule has 0 saturated carbocycles. The van der Waals surface area contributed by atoms with Crippen molar-refractivity contribution in [1.82, 2.24) is 4.98 Å². The molecule has 3 rings (SSSR count). The van der Waals surface area contributed by atoms with Gasteiger partial charge < -0.3 is 4.98 Å². The molecule has 0 spiro atoms. The van der Waals surface area contributed by atoms with Crippen molar-refractivity contribution in [2.75, 3.05) is 0 Å². The molecule has 2 aromatic carbocycles. The van der Waals surface area contributed by atoms with E-state index in [1.165, 1.54) is 24.3 Å². The third kappa shape index (κ3) is 2.18. The molecule has 0 saturated heterocycles. The Bertz CT molecular complexity index is 897. The SMILES string of the molecule is Cc1[nH]c2ccc([N+](=O)[O-])cc2c1-c1ccc([N+](=O)[O-])cc1. The molecular weight excluding hydrogens is 286 g/mol. The average Bonchev–Trinajstić information content (AvgIpc) is 2.82. The number of fused-ring (bicyclic) bond motifs is 1. The highest BCUT2D eigenvalue weighted by Gasteiger charge is 2.15.